The zero-order chi connectivity index (χ0) is 21.0. The Morgan fingerprint density at radius 2 is 1.79 bits per heavy atom. The Hall–Kier alpha value is -2.48. The number of nitrogens with one attached hydrogen (secondary N) is 1. The Kier molecular flexibility index (Phi) is 6.52. The van der Waals surface area contributed by atoms with E-state index in [1.165, 1.54) is 0 Å². The molecule has 0 spiro atoms. The molecule has 0 unspecified atom stereocenters. The fourth-order valence-corrected chi connectivity index (χ4v) is 3.50. The second-order valence-corrected chi connectivity index (χ2v) is 8.83. The average Bonchev–Trinajstić information content (AvgIpc) is 3.16. The zero-order valence-corrected chi connectivity index (χ0v) is 18.2. The van der Waals surface area contributed by atoms with E-state index in [1.807, 2.05) is 16.8 Å². The van der Waals surface area contributed by atoms with Crippen LogP contribution in [0.15, 0.2) is 24.5 Å². The summed E-state index contributed by atoms with van der Waals surface area (Å²) >= 11 is 0. The van der Waals surface area contributed by atoms with Crippen LogP contribution in [0.1, 0.15) is 56.7 Å². The summed E-state index contributed by atoms with van der Waals surface area (Å²) < 4.78 is 1.97. The van der Waals surface area contributed by atoms with Crippen molar-refractivity contribution in [2.45, 2.75) is 46.1 Å². The number of anilines is 1. The Bertz CT molecular complexity index is 802. The molecule has 3 heterocycles. The van der Waals surface area contributed by atoms with Crippen LogP contribution in [0.5, 0.6) is 0 Å². The van der Waals surface area contributed by atoms with Gasteiger partial charge in [-0.1, -0.05) is 13.8 Å². The fourth-order valence-electron chi connectivity index (χ4n) is 3.50. The summed E-state index contributed by atoms with van der Waals surface area (Å²) in [5.74, 6) is 0.996. The lowest BCUT2D eigenvalue weighted by Crippen LogP contribution is -2.49. The molecule has 0 saturated carbocycles. The van der Waals surface area contributed by atoms with E-state index in [0.29, 0.717) is 18.2 Å². The molecule has 3 rings (SSSR count). The van der Waals surface area contributed by atoms with Gasteiger partial charge < -0.3 is 10.2 Å². The standard InChI is InChI=1S/C21H33N7O/c1-16(2)18-15-17(25-28(18)21(3,4)5)19(29)22-9-10-26-11-13-27(14-12-26)20-23-7-6-8-24-20/h6-8,15-16H,9-14H2,1-5H3,(H,22,29). The van der Waals surface area contributed by atoms with Crippen LogP contribution in [0.4, 0.5) is 5.95 Å². The first-order valence-corrected chi connectivity index (χ1v) is 10.4. The summed E-state index contributed by atoms with van der Waals surface area (Å²) in [6, 6.07) is 3.75. The number of aromatic nitrogens is 4. The molecule has 158 valence electrons. The van der Waals surface area contributed by atoms with Crippen molar-refractivity contribution >= 4 is 11.9 Å². The van der Waals surface area contributed by atoms with Crippen LogP contribution in [-0.4, -0.2) is 69.8 Å². The normalized spacial score (nSPS) is 15.7. The summed E-state index contributed by atoms with van der Waals surface area (Å²) in [6.07, 6.45) is 3.55. The van der Waals surface area contributed by atoms with Gasteiger partial charge in [0.1, 0.15) is 5.69 Å². The van der Waals surface area contributed by atoms with E-state index in [4.69, 9.17) is 0 Å². The van der Waals surface area contributed by atoms with Crippen LogP contribution < -0.4 is 10.2 Å². The van der Waals surface area contributed by atoms with E-state index in [2.05, 4.69) is 64.8 Å². The topological polar surface area (TPSA) is 79.2 Å². The summed E-state index contributed by atoms with van der Waals surface area (Å²) in [4.78, 5) is 25.8. The third-order valence-corrected chi connectivity index (χ3v) is 5.12. The minimum absolute atomic E-state index is 0.105. The quantitative estimate of drug-likeness (QED) is 0.801. The van der Waals surface area contributed by atoms with Gasteiger partial charge in [0.2, 0.25) is 5.95 Å². The van der Waals surface area contributed by atoms with Crippen molar-refractivity contribution < 1.29 is 4.79 Å². The van der Waals surface area contributed by atoms with Crippen LogP contribution in [0.2, 0.25) is 0 Å². The van der Waals surface area contributed by atoms with Gasteiger partial charge >= 0.3 is 0 Å². The van der Waals surface area contributed by atoms with Crippen LogP contribution in [0.25, 0.3) is 0 Å². The summed E-state index contributed by atoms with van der Waals surface area (Å²) in [6.45, 7) is 15.7. The lowest BCUT2D eigenvalue weighted by atomic mass is 10.1. The Balaban J connectivity index is 1.48. The first-order valence-electron chi connectivity index (χ1n) is 10.4. The average molecular weight is 400 g/mol. The predicted octanol–water partition coefficient (Wildman–Crippen LogP) is 2.10. The maximum atomic E-state index is 12.6. The third kappa shape index (κ3) is 5.32. The Morgan fingerprint density at radius 3 is 2.34 bits per heavy atom. The SMILES string of the molecule is CC(C)c1cc(C(=O)NCCN2CCN(c3ncccn3)CC2)nn1C(C)(C)C. The lowest BCUT2D eigenvalue weighted by molar-refractivity contribution is 0.0941. The smallest absolute Gasteiger partial charge is 0.271 e. The minimum atomic E-state index is -0.153. The maximum Gasteiger partial charge on any atom is 0.271 e. The van der Waals surface area contributed by atoms with Crippen molar-refractivity contribution in [3.05, 3.63) is 35.9 Å². The third-order valence-electron chi connectivity index (χ3n) is 5.12. The molecule has 0 radical (unpaired) electrons. The lowest BCUT2D eigenvalue weighted by Gasteiger charge is -2.34. The number of carbonyl (C=O) groups is 1. The molecule has 8 heteroatoms. The summed E-state index contributed by atoms with van der Waals surface area (Å²) in [5.41, 5.74) is 1.43. The Morgan fingerprint density at radius 1 is 1.14 bits per heavy atom. The molecule has 1 amide bonds. The zero-order valence-electron chi connectivity index (χ0n) is 18.2. The van der Waals surface area contributed by atoms with Gasteiger partial charge in [-0.3, -0.25) is 14.4 Å². The van der Waals surface area contributed by atoms with Gasteiger partial charge in [-0.05, 0) is 38.8 Å². The predicted molar refractivity (Wildman–Crippen MR) is 114 cm³/mol. The highest BCUT2D eigenvalue weighted by Crippen LogP contribution is 2.23. The van der Waals surface area contributed by atoms with Gasteiger partial charge in [0.05, 0.1) is 5.54 Å². The monoisotopic (exact) mass is 399 g/mol. The molecule has 1 saturated heterocycles. The number of nitrogens with zero attached hydrogens (tertiary/aromatic N) is 6. The number of hydrogen-bond donors (Lipinski definition) is 1. The molecule has 29 heavy (non-hydrogen) atoms. The van der Waals surface area contributed by atoms with Gasteiger partial charge in [0.15, 0.2) is 0 Å². The van der Waals surface area contributed by atoms with Crippen molar-refractivity contribution in [2.75, 3.05) is 44.2 Å². The highest BCUT2D eigenvalue weighted by Gasteiger charge is 2.24. The molecule has 0 bridgehead atoms. The van der Waals surface area contributed by atoms with Crippen molar-refractivity contribution in [3.63, 3.8) is 0 Å². The van der Waals surface area contributed by atoms with E-state index in [0.717, 1.165) is 44.4 Å². The summed E-state index contributed by atoms with van der Waals surface area (Å²) in [7, 11) is 0. The van der Waals surface area contributed by atoms with E-state index in [9.17, 15) is 4.79 Å². The number of amides is 1. The second-order valence-electron chi connectivity index (χ2n) is 8.83. The fraction of sp³-hybridized carbons (Fsp3) is 0.619. The van der Waals surface area contributed by atoms with Crippen molar-refractivity contribution in [3.8, 4) is 0 Å². The van der Waals surface area contributed by atoms with Gasteiger partial charge in [0, 0.05) is 57.4 Å². The van der Waals surface area contributed by atoms with Crippen molar-refractivity contribution in [1.29, 1.82) is 0 Å². The summed E-state index contributed by atoms with van der Waals surface area (Å²) in [5, 5.41) is 7.61. The van der Waals surface area contributed by atoms with Gasteiger partial charge in [-0.2, -0.15) is 5.10 Å². The van der Waals surface area contributed by atoms with Gasteiger partial charge in [-0.15, -0.1) is 0 Å². The number of rotatable bonds is 6. The molecule has 1 aliphatic heterocycles. The van der Waals surface area contributed by atoms with E-state index < -0.39 is 0 Å². The van der Waals surface area contributed by atoms with Crippen molar-refractivity contribution in [2.24, 2.45) is 0 Å². The molecule has 2 aromatic heterocycles. The number of piperazine rings is 1. The molecular formula is C21H33N7O. The number of carbonyl (C=O) groups excluding carboxylic acids is 1. The maximum absolute atomic E-state index is 12.6. The number of hydrogen-bond acceptors (Lipinski definition) is 6. The minimum Gasteiger partial charge on any atom is -0.349 e. The molecule has 1 fully saturated rings. The first-order chi connectivity index (χ1) is 13.8. The second kappa shape index (κ2) is 8.90. The first kappa shape index (κ1) is 21.2. The highest BCUT2D eigenvalue weighted by atomic mass is 16.1. The van der Waals surface area contributed by atoms with Crippen molar-refractivity contribution in [1.82, 2.24) is 30.0 Å². The van der Waals surface area contributed by atoms with Crippen LogP contribution in [0.3, 0.4) is 0 Å². The molecular weight excluding hydrogens is 366 g/mol. The molecule has 0 aliphatic carbocycles. The molecule has 1 aliphatic rings. The largest absolute Gasteiger partial charge is 0.349 e. The molecule has 0 atom stereocenters. The van der Waals surface area contributed by atoms with Crippen LogP contribution in [0, 0.1) is 0 Å². The van der Waals surface area contributed by atoms with Gasteiger partial charge in [-0.25, -0.2) is 9.97 Å². The van der Waals surface area contributed by atoms with E-state index in [-0.39, 0.29) is 11.4 Å². The van der Waals surface area contributed by atoms with Crippen LogP contribution >= 0.6 is 0 Å². The van der Waals surface area contributed by atoms with E-state index in [1.54, 1.807) is 12.4 Å². The molecule has 0 aromatic carbocycles. The molecule has 1 N–H and O–H groups in total. The van der Waals surface area contributed by atoms with E-state index >= 15 is 0 Å². The highest BCUT2D eigenvalue weighted by molar-refractivity contribution is 5.92. The van der Waals surface area contributed by atoms with Crippen LogP contribution in [-0.2, 0) is 5.54 Å². The molecule has 2 aromatic rings. The van der Waals surface area contributed by atoms with Gasteiger partial charge in [0.25, 0.3) is 5.91 Å². The Labute approximate surface area is 173 Å². The molecule has 8 nitrogen and oxygen atoms in total.